The summed E-state index contributed by atoms with van der Waals surface area (Å²) in [7, 11) is 0. The van der Waals surface area contributed by atoms with Crippen LogP contribution in [-0.2, 0) is 4.79 Å². The molecule has 0 aromatic rings. The normalized spacial score (nSPS) is 14.2. The van der Waals surface area contributed by atoms with Gasteiger partial charge < -0.3 is 10.2 Å². The number of aliphatic carboxylic acids is 1. The Kier molecular flexibility index (Phi) is 15.2. The summed E-state index contributed by atoms with van der Waals surface area (Å²) in [5.41, 5.74) is 0. The molecule has 0 aliphatic heterocycles. The molecule has 0 bridgehead atoms. The second-order valence-corrected chi connectivity index (χ2v) is 5.22. The minimum Gasteiger partial charge on any atom is -0.481 e. The summed E-state index contributed by atoms with van der Waals surface area (Å²) in [5, 5.41) is 17.8. The highest BCUT2D eigenvalue weighted by Crippen LogP contribution is 2.00. The van der Waals surface area contributed by atoms with E-state index in [0.717, 1.165) is 32.1 Å². The number of rotatable bonds is 13. The summed E-state index contributed by atoms with van der Waals surface area (Å²) >= 11 is 0. The van der Waals surface area contributed by atoms with Crippen LogP contribution < -0.4 is 0 Å². The monoisotopic (exact) mass is 318 g/mol. The molecule has 0 saturated heterocycles. The Labute approximate surface area is 140 Å². The van der Waals surface area contributed by atoms with Gasteiger partial charge in [0.05, 0.1) is 6.10 Å². The average Bonchev–Trinajstić information content (AvgIpc) is 2.53. The van der Waals surface area contributed by atoms with Gasteiger partial charge in [0.2, 0.25) is 0 Å². The maximum absolute atomic E-state index is 10.3. The van der Waals surface area contributed by atoms with E-state index in [1.54, 1.807) is 6.08 Å². The largest absolute Gasteiger partial charge is 0.481 e. The van der Waals surface area contributed by atoms with Crippen LogP contribution in [0.5, 0.6) is 0 Å². The number of hydrogen-bond donors (Lipinski definition) is 2. The molecule has 0 aliphatic rings. The molecule has 3 nitrogen and oxygen atoms in total. The van der Waals surface area contributed by atoms with Gasteiger partial charge in [0.15, 0.2) is 0 Å². The molecule has 1 atom stereocenters. The molecule has 3 heteroatoms. The Bertz CT molecular complexity index is 428. The van der Waals surface area contributed by atoms with Gasteiger partial charge in [-0.2, -0.15) is 0 Å². The van der Waals surface area contributed by atoms with Gasteiger partial charge in [0.25, 0.3) is 0 Å². The third-order valence-electron chi connectivity index (χ3n) is 3.08. The van der Waals surface area contributed by atoms with Crippen molar-refractivity contribution in [1.82, 2.24) is 0 Å². The summed E-state index contributed by atoms with van der Waals surface area (Å²) in [6, 6.07) is 0. The van der Waals surface area contributed by atoms with Crippen molar-refractivity contribution in [3.63, 3.8) is 0 Å². The molecule has 2 N–H and O–H groups in total. The van der Waals surface area contributed by atoms with Crippen molar-refractivity contribution in [2.24, 2.45) is 0 Å². The fraction of sp³-hybridized carbons (Fsp3) is 0.450. The lowest BCUT2D eigenvalue weighted by molar-refractivity contribution is -0.137. The van der Waals surface area contributed by atoms with E-state index in [1.807, 2.05) is 37.3 Å². The lowest BCUT2D eigenvalue weighted by atomic mass is 10.2. The van der Waals surface area contributed by atoms with Crippen molar-refractivity contribution in [3.05, 3.63) is 60.8 Å². The molecule has 0 rings (SSSR count). The van der Waals surface area contributed by atoms with Gasteiger partial charge in [-0.3, -0.25) is 4.79 Å². The molecular weight excluding hydrogens is 288 g/mol. The van der Waals surface area contributed by atoms with Crippen molar-refractivity contribution in [2.45, 2.75) is 58.0 Å². The second kappa shape index (κ2) is 16.5. The fourth-order valence-electron chi connectivity index (χ4n) is 1.70. The maximum Gasteiger partial charge on any atom is 0.303 e. The molecule has 0 aromatic heterocycles. The van der Waals surface area contributed by atoms with Crippen molar-refractivity contribution in [2.75, 3.05) is 0 Å². The Morgan fingerprint density at radius 2 is 1.52 bits per heavy atom. The van der Waals surface area contributed by atoms with Gasteiger partial charge in [-0.15, -0.1) is 0 Å². The van der Waals surface area contributed by atoms with E-state index < -0.39 is 5.97 Å². The number of unbranched alkanes of at least 4 members (excludes halogenated alkanes) is 2. The Morgan fingerprint density at radius 1 is 0.913 bits per heavy atom. The van der Waals surface area contributed by atoms with Gasteiger partial charge in [0.1, 0.15) is 0 Å². The summed E-state index contributed by atoms with van der Waals surface area (Å²) < 4.78 is 0. The van der Waals surface area contributed by atoms with Crippen molar-refractivity contribution in [1.29, 1.82) is 0 Å². The zero-order chi connectivity index (χ0) is 17.2. The van der Waals surface area contributed by atoms with Crippen LogP contribution in [0.4, 0.5) is 0 Å². The van der Waals surface area contributed by atoms with Crippen LogP contribution >= 0.6 is 0 Å². The van der Waals surface area contributed by atoms with Crippen LogP contribution in [-0.4, -0.2) is 22.3 Å². The first-order chi connectivity index (χ1) is 11.2. The Balaban J connectivity index is 3.55. The molecule has 0 aromatic carbocycles. The maximum atomic E-state index is 10.3. The lowest BCUT2D eigenvalue weighted by Crippen LogP contribution is -1.97. The third kappa shape index (κ3) is 18.1. The van der Waals surface area contributed by atoms with Gasteiger partial charge in [-0.05, 0) is 38.5 Å². The lowest BCUT2D eigenvalue weighted by Gasteiger charge is -1.95. The quantitative estimate of drug-likeness (QED) is 0.286. The highest BCUT2D eigenvalue weighted by molar-refractivity contribution is 5.66. The van der Waals surface area contributed by atoms with E-state index in [4.69, 9.17) is 5.11 Å². The molecule has 23 heavy (non-hydrogen) atoms. The van der Waals surface area contributed by atoms with Crippen LogP contribution in [0, 0.1) is 0 Å². The third-order valence-corrected chi connectivity index (χ3v) is 3.08. The van der Waals surface area contributed by atoms with Gasteiger partial charge in [0, 0.05) is 6.42 Å². The predicted octanol–water partition coefficient (Wildman–Crippen LogP) is 4.96. The van der Waals surface area contributed by atoms with E-state index in [1.165, 1.54) is 0 Å². The summed E-state index contributed by atoms with van der Waals surface area (Å²) in [4.78, 5) is 10.3. The van der Waals surface area contributed by atoms with E-state index in [0.29, 0.717) is 6.42 Å². The molecule has 0 saturated carbocycles. The molecule has 0 heterocycles. The highest BCUT2D eigenvalue weighted by Gasteiger charge is 1.92. The van der Waals surface area contributed by atoms with E-state index in [2.05, 4.69) is 24.3 Å². The molecule has 128 valence electrons. The van der Waals surface area contributed by atoms with E-state index >= 15 is 0 Å². The van der Waals surface area contributed by atoms with Crippen LogP contribution in [0.3, 0.4) is 0 Å². The number of hydrogen-bond acceptors (Lipinski definition) is 2. The van der Waals surface area contributed by atoms with Gasteiger partial charge in [-0.25, -0.2) is 0 Å². The summed E-state index contributed by atoms with van der Waals surface area (Å²) in [5.74, 6) is -0.725. The van der Waals surface area contributed by atoms with E-state index in [-0.39, 0.29) is 12.5 Å². The number of allylic oxidation sites excluding steroid dienone is 9. The smallest absolute Gasteiger partial charge is 0.303 e. The fourth-order valence-corrected chi connectivity index (χ4v) is 1.70. The number of carbonyl (C=O) groups is 1. The molecule has 0 aliphatic carbocycles. The SMILES string of the molecule is CCC(O)/C=C/C=C\C/C=C\C=C/CC/C=C\CCCC(=O)O. The zero-order valence-corrected chi connectivity index (χ0v) is 14.1. The van der Waals surface area contributed by atoms with Crippen LogP contribution in [0.2, 0.25) is 0 Å². The van der Waals surface area contributed by atoms with Crippen LogP contribution in [0.25, 0.3) is 0 Å². The Morgan fingerprint density at radius 3 is 2.22 bits per heavy atom. The number of aliphatic hydroxyl groups is 1. The minimum absolute atomic E-state index is 0.248. The minimum atomic E-state index is -0.725. The predicted molar refractivity (Wildman–Crippen MR) is 97.3 cm³/mol. The first-order valence-electron chi connectivity index (χ1n) is 8.36. The van der Waals surface area contributed by atoms with Gasteiger partial charge in [-0.1, -0.05) is 67.7 Å². The number of carboxylic acids is 1. The Hall–Kier alpha value is -1.87. The molecule has 1 unspecified atom stereocenters. The van der Waals surface area contributed by atoms with Crippen LogP contribution in [0.1, 0.15) is 51.9 Å². The van der Waals surface area contributed by atoms with Crippen molar-refractivity contribution >= 4 is 5.97 Å². The summed E-state index contributed by atoms with van der Waals surface area (Å²) in [6.07, 6.45) is 25.2. The highest BCUT2D eigenvalue weighted by atomic mass is 16.4. The first kappa shape index (κ1) is 21.1. The molecule has 0 radical (unpaired) electrons. The molecule has 0 spiro atoms. The van der Waals surface area contributed by atoms with Crippen LogP contribution in [0.15, 0.2) is 60.8 Å². The summed E-state index contributed by atoms with van der Waals surface area (Å²) in [6.45, 7) is 1.95. The number of carboxylic acid groups (broad SMARTS) is 1. The topological polar surface area (TPSA) is 57.5 Å². The second-order valence-electron chi connectivity index (χ2n) is 5.22. The first-order valence-corrected chi connectivity index (χ1v) is 8.36. The van der Waals surface area contributed by atoms with E-state index in [9.17, 15) is 9.90 Å². The standard InChI is InChI=1S/C20H30O3/c1-2-19(21)17-15-13-11-9-7-5-3-4-6-8-10-12-14-16-18-20(22)23/h3-5,7,10-13,15,17,19,21H,2,6,8-9,14,16,18H2,1H3,(H,22,23)/b4-3-,7-5-,12-10-,13-11-,17-15+. The van der Waals surface area contributed by atoms with Crippen molar-refractivity contribution < 1.29 is 15.0 Å². The van der Waals surface area contributed by atoms with Crippen molar-refractivity contribution in [3.8, 4) is 0 Å². The zero-order valence-electron chi connectivity index (χ0n) is 14.1. The average molecular weight is 318 g/mol. The molecule has 0 amide bonds. The molecule has 0 fully saturated rings. The van der Waals surface area contributed by atoms with Gasteiger partial charge >= 0.3 is 5.97 Å². The molecular formula is C20H30O3. The number of aliphatic hydroxyl groups excluding tert-OH is 1.